The quantitative estimate of drug-likeness (QED) is 0.725. The summed E-state index contributed by atoms with van der Waals surface area (Å²) in [5, 5.41) is 6.18. The topological polar surface area (TPSA) is 50.4 Å². The van der Waals surface area contributed by atoms with Crippen molar-refractivity contribution in [1.29, 1.82) is 0 Å². The van der Waals surface area contributed by atoms with Gasteiger partial charge in [-0.2, -0.15) is 0 Å². The number of aryl methyl sites for hydroxylation is 1. The van der Waals surface area contributed by atoms with Gasteiger partial charge in [-0.3, -0.25) is 10.1 Å². The molecule has 7 heteroatoms. The molecule has 120 valence electrons. The maximum absolute atomic E-state index is 12.4. The van der Waals surface area contributed by atoms with Gasteiger partial charge >= 0.3 is 0 Å². The van der Waals surface area contributed by atoms with E-state index in [1.54, 1.807) is 18.2 Å². The zero-order chi connectivity index (χ0) is 17.0. The number of hydrogen-bond donors (Lipinski definition) is 2. The number of halogens is 2. The largest absolute Gasteiger partial charge is 0.496 e. The Morgan fingerprint density at radius 2 is 2.00 bits per heavy atom. The SMILES string of the molecule is COc1c(C)cc(Br)cc1C(=O)NC(=S)Nc1ccccc1Cl. The lowest BCUT2D eigenvalue weighted by atomic mass is 10.1. The molecule has 0 heterocycles. The van der Waals surface area contributed by atoms with Crippen molar-refractivity contribution < 1.29 is 9.53 Å². The van der Waals surface area contributed by atoms with Crippen LogP contribution in [0.1, 0.15) is 15.9 Å². The Kier molecular flexibility index (Phi) is 5.98. The van der Waals surface area contributed by atoms with Gasteiger partial charge in [-0.15, -0.1) is 0 Å². The Hall–Kier alpha value is -1.63. The molecule has 2 N–H and O–H groups in total. The van der Waals surface area contributed by atoms with Gasteiger partial charge < -0.3 is 10.1 Å². The molecule has 0 unspecified atom stereocenters. The molecule has 4 nitrogen and oxygen atoms in total. The number of amides is 1. The van der Waals surface area contributed by atoms with Crippen LogP contribution < -0.4 is 15.4 Å². The van der Waals surface area contributed by atoms with Gasteiger partial charge in [0.1, 0.15) is 5.75 Å². The van der Waals surface area contributed by atoms with E-state index in [-0.39, 0.29) is 11.0 Å². The predicted octanol–water partition coefficient (Wildman–Crippen LogP) is 4.55. The second kappa shape index (κ2) is 7.77. The normalized spacial score (nSPS) is 10.1. The van der Waals surface area contributed by atoms with Gasteiger partial charge in [0, 0.05) is 4.47 Å². The third kappa shape index (κ3) is 4.43. The van der Waals surface area contributed by atoms with E-state index < -0.39 is 0 Å². The highest BCUT2D eigenvalue weighted by molar-refractivity contribution is 9.10. The number of carbonyl (C=O) groups is 1. The van der Waals surface area contributed by atoms with E-state index in [1.165, 1.54) is 7.11 Å². The maximum atomic E-state index is 12.4. The molecule has 0 radical (unpaired) electrons. The van der Waals surface area contributed by atoms with Gasteiger partial charge in [0.2, 0.25) is 0 Å². The number of thiocarbonyl (C=S) groups is 1. The summed E-state index contributed by atoms with van der Waals surface area (Å²) in [6.07, 6.45) is 0. The van der Waals surface area contributed by atoms with Gasteiger partial charge in [0.05, 0.1) is 23.4 Å². The highest BCUT2D eigenvalue weighted by Gasteiger charge is 2.17. The predicted molar refractivity (Wildman–Crippen MR) is 101 cm³/mol. The maximum Gasteiger partial charge on any atom is 0.261 e. The Bertz CT molecular complexity index is 768. The molecular weight excluding hydrogens is 400 g/mol. The first-order chi connectivity index (χ1) is 10.9. The van der Waals surface area contributed by atoms with Crippen LogP contribution in [0.4, 0.5) is 5.69 Å². The van der Waals surface area contributed by atoms with Gasteiger partial charge in [0.15, 0.2) is 5.11 Å². The summed E-state index contributed by atoms with van der Waals surface area (Å²) in [4.78, 5) is 12.4. The summed E-state index contributed by atoms with van der Waals surface area (Å²) in [6, 6.07) is 10.7. The molecule has 1 amide bonds. The monoisotopic (exact) mass is 412 g/mol. The zero-order valence-electron chi connectivity index (χ0n) is 12.4. The Morgan fingerprint density at radius 1 is 1.30 bits per heavy atom. The van der Waals surface area contributed by atoms with Crippen LogP contribution in [0.2, 0.25) is 5.02 Å². The number of ether oxygens (including phenoxy) is 1. The Balaban J connectivity index is 2.16. The fraction of sp³-hybridized carbons (Fsp3) is 0.125. The van der Waals surface area contributed by atoms with E-state index in [1.807, 2.05) is 25.1 Å². The summed E-state index contributed by atoms with van der Waals surface area (Å²) in [6.45, 7) is 1.86. The van der Waals surface area contributed by atoms with Crippen molar-refractivity contribution in [1.82, 2.24) is 5.32 Å². The van der Waals surface area contributed by atoms with Crippen LogP contribution in [0.5, 0.6) is 5.75 Å². The van der Waals surface area contributed by atoms with Crippen molar-refractivity contribution in [3.63, 3.8) is 0 Å². The van der Waals surface area contributed by atoms with E-state index in [0.717, 1.165) is 10.0 Å². The minimum atomic E-state index is -0.365. The number of methoxy groups -OCH3 is 1. The summed E-state index contributed by atoms with van der Waals surface area (Å²) in [5.74, 6) is 0.141. The minimum Gasteiger partial charge on any atom is -0.496 e. The van der Waals surface area contributed by atoms with E-state index in [2.05, 4.69) is 26.6 Å². The van der Waals surface area contributed by atoms with Crippen LogP contribution in [0.3, 0.4) is 0 Å². The molecule has 0 saturated heterocycles. The molecule has 2 aromatic rings. The van der Waals surface area contributed by atoms with Crippen LogP contribution >= 0.6 is 39.7 Å². The molecule has 2 rings (SSSR count). The Labute approximate surface area is 153 Å². The standard InChI is InChI=1S/C16H14BrClN2O2S/c1-9-7-10(17)8-11(14(9)22-2)15(21)20-16(23)19-13-6-4-3-5-12(13)18/h3-8H,1-2H3,(H2,19,20,21,23). The number of hydrogen-bond acceptors (Lipinski definition) is 3. The van der Waals surface area contributed by atoms with Crippen molar-refractivity contribution in [3.8, 4) is 5.75 Å². The molecule has 0 aliphatic heterocycles. The molecule has 2 aromatic carbocycles. The van der Waals surface area contributed by atoms with E-state index in [4.69, 9.17) is 28.6 Å². The van der Waals surface area contributed by atoms with Crippen LogP contribution in [-0.2, 0) is 0 Å². The average Bonchev–Trinajstić information content (AvgIpc) is 2.48. The van der Waals surface area contributed by atoms with Gasteiger partial charge in [-0.25, -0.2) is 0 Å². The van der Waals surface area contributed by atoms with Crippen molar-refractivity contribution >= 4 is 56.5 Å². The minimum absolute atomic E-state index is 0.155. The molecule has 23 heavy (non-hydrogen) atoms. The number of benzene rings is 2. The molecule has 0 spiro atoms. The first kappa shape index (κ1) is 17.7. The molecule has 0 fully saturated rings. The highest BCUT2D eigenvalue weighted by Crippen LogP contribution is 2.28. The zero-order valence-corrected chi connectivity index (χ0v) is 15.6. The van der Waals surface area contributed by atoms with Crippen molar-refractivity contribution in [2.75, 3.05) is 12.4 Å². The van der Waals surface area contributed by atoms with E-state index >= 15 is 0 Å². The smallest absolute Gasteiger partial charge is 0.261 e. The first-order valence-electron chi connectivity index (χ1n) is 6.63. The molecular formula is C16H14BrClN2O2S. The molecule has 0 aromatic heterocycles. The molecule has 0 bridgehead atoms. The second-order valence-corrected chi connectivity index (χ2v) is 6.42. The number of para-hydroxylation sites is 1. The third-order valence-corrected chi connectivity index (χ3v) is 4.03. The van der Waals surface area contributed by atoms with Gasteiger partial charge in [-0.05, 0) is 49.0 Å². The fourth-order valence-corrected chi connectivity index (χ4v) is 3.01. The van der Waals surface area contributed by atoms with Gasteiger partial charge in [0.25, 0.3) is 5.91 Å². The first-order valence-corrected chi connectivity index (χ1v) is 8.21. The summed E-state index contributed by atoms with van der Waals surface area (Å²) in [5.41, 5.74) is 1.86. The average molecular weight is 414 g/mol. The van der Waals surface area contributed by atoms with Crippen LogP contribution in [-0.4, -0.2) is 18.1 Å². The second-order valence-electron chi connectivity index (χ2n) is 4.69. The summed E-state index contributed by atoms with van der Waals surface area (Å²) < 4.78 is 6.09. The fourth-order valence-electron chi connectivity index (χ4n) is 2.06. The van der Waals surface area contributed by atoms with Crippen molar-refractivity contribution in [3.05, 3.63) is 57.0 Å². The number of carbonyl (C=O) groups excluding carboxylic acids is 1. The molecule has 0 aliphatic carbocycles. The Morgan fingerprint density at radius 3 is 2.65 bits per heavy atom. The van der Waals surface area contributed by atoms with Crippen LogP contribution in [0.25, 0.3) is 0 Å². The van der Waals surface area contributed by atoms with Crippen molar-refractivity contribution in [2.24, 2.45) is 0 Å². The summed E-state index contributed by atoms with van der Waals surface area (Å²) in [7, 11) is 1.52. The number of nitrogens with one attached hydrogen (secondary N) is 2. The number of anilines is 1. The third-order valence-electron chi connectivity index (χ3n) is 3.04. The lowest BCUT2D eigenvalue weighted by molar-refractivity contribution is 0.0974. The van der Waals surface area contributed by atoms with Gasteiger partial charge in [-0.1, -0.05) is 39.7 Å². The highest BCUT2D eigenvalue weighted by atomic mass is 79.9. The number of rotatable bonds is 3. The molecule has 0 saturated carbocycles. The van der Waals surface area contributed by atoms with Crippen LogP contribution in [0, 0.1) is 6.92 Å². The van der Waals surface area contributed by atoms with Crippen molar-refractivity contribution in [2.45, 2.75) is 6.92 Å². The van der Waals surface area contributed by atoms with E-state index in [9.17, 15) is 4.79 Å². The van der Waals surface area contributed by atoms with Crippen LogP contribution in [0.15, 0.2) is 40.9 Å². The lowest BCUT2D eigenvalue weighted by Gasteiger charge is -2.14. The van der Waals surface area contributed by atoms with E-state index in [0.29, 0.717) is 22.0 Å². The molecule has 0 atom stereocenters. The summed E-state index contributed by atoms with van der Waals surface area (Å²) >= 11 is 14.6. The lowest BCUT2D eigenvalue weighted by Crippen LogP contribution is -2.34. The molecule has 0 aliphatic rings.